The summed E-state index contributed by atoms with van der Waals surface area (Å²) in [6.07, 6.45) is -0.594. The molecule has 0 saturated heterocycles. The Morgan fingerprint density at radius 3 is 2.30 bits per heavy atom. The normalized spacial score (nSPS) is 12.8. The van der Waals surface area contributed by atoms with E-state index in [0.29, 0.717) is 0 Å². The highest BCUT2D eigenvalue weighted by Gasteiger charge is 2.29. The largest absolute Gasteiger partial charge is 0.444 e. The summed E-state index contributed by atoms with van der Waals surface area (Å²) < 4.78 is 5.19. The van der Waals surface area contributed by atoms with E-state index in [-0.39, 0.29) is 23.7 Å². The number of amides is 2. The van der Waals surface area contributed by atoms with E-state index >= 15 is 0 Å². The summed E-state index contributed by atoms with van der Waals surface area (Å²) >= 11 is 0. The fraction of sp³-hybridized carbons (Fsp3) is 0.588. The highest BCUT2D eigenvalue weighted by Crippen LogP contribution is 2.21. The second kappa shape index (κ2) is 8.19. The number of nitrogens with two attached hydrogens (primary N) is 1. The molecule has 0 unspecified atom stereocenters. The number of alkyl carbamates (subject to hydrolysis) is 1. The van der Waals surface area contributed by atoms with Gasteiger partial charge < -0.3 is 21.1 Å². The van der Waals surface area contributed by atoms with Gasteiger partial charge in [0, 0.05) is 12.6 Å². The lowest BCUT2D eigenvalue weighted by Crippen LogP contribution is -2.51. The zero-order valence-electron chi connectivity index (χ0n) is 16.5. The Hall–Kier alpha value is -2.91. The molecule has 0 fully saturated rings. The van der Waals surface area contributed by atoms with Gasteiger partial charge >= 0.3 is 11.8 Å². The molecule has 1 atom stereocenters. The monoisotopic (exact) mass is 381 g/mol. The predicted octanol–water partition coefficient (Wildman–Crippen LogP) is 2.24. The smallest absolute Gasteiger partial charge is 0.407 e. The molecule has 1 aromatic rings. The standard InChI is InChI=1S/C17H27N5O5/c1-16(2,3)12(9-19-15(24)27-17(4,5)6)21-14(23)10-7-8-11(22(25)26)13(18)20-10/h7-8,12H,9H2,1-6H3,(H2,18,20)(H,19,24)(H,21,23)/t12-/m0/s1. The molecule has 0 aliphatic carbocycles. The third kappa shape index (κ3) is 7.08. The molecular weight excluding hydrogens is 354 g/mol. The number of hydrogen-bond donors (Lipinski definition) is 3. The van der Waals surface area contributed by atoms with Crippen molar-refractivity contribution in [3.63, 3.8) is 0 Å². The van der Waals surface area contributed by atoms with Gasteiger partial charge in [-0.05, 0) is 32.3 Å². The Balaban J connectivity index is 2.85. The van der Waals surface area contributed by atoms with E-state index in [0.717, 1.165) is 6.07 Å². The maximum absolute atomic E-state index is 12.5. The summed E-state index contributed by atoms with van der Waals surface area (Å²) in [5.74, 6) is -0.894. The van der Waals surface area contributed by atoms with E-state index in [1.807, 2.05) is 20.8 Å². The van der Waals surface area contributed by atoms with Crippen molar-refractivity contribution in [3.8, 4) is 0 Å². The van der Waals surface area contributed by atoms with Crippen molar-refractivity contribution in [3.05, 3.63) is 27.9 Å². The highest BCUT2D eigenvalue weighted by molar-refractivity contribution is 5.93. The number of pyridine rings is 1. The van der Waals surface area contributed by atoms with Gasteiger partial charge in [0.2, 0.25) is 5.82 Å². The number of carbonyl (C=O) groups is 2. The van der Waals surface area contributed by atoms with Crippen molar-refractivity contribution in [2.24, 2.45) is 5.41 Å². The highest BCUT2D eigenvalue weighted by atomic mass is 16.6. The second-order valence-electron chi connectivity index (χ2n) is 8.13. The Labute approximate surface area is 158 Å². The van der Waals surface area contributed by atoms with Crippen LogP contribution in [0.2, 0.25) is 0 Å². The van der Waals surface area contributed by atoms with Crippen LogP contribution >= 0.6 is 0 Å². The average Bonchev–Trinajstić information content (AvgIpc) is 2.47. The van der Waals surface area contributed by atoms with Crippen LogP contribution in [0.1, 0.15) is 52.0 Å². The molecule has 0 aliphatic heterocycles. The fourth-order valence-corrected chi connectivity index (χ4v) is 2.05. The molecule has 0 saturated carbocycles. The zero-order chi connectivity index (χ0) is 21.0. The fourth-order valence-electron chi connectivity index (χ4n) is 2.05. The Morgan fingerprint density at radius 2 is 1.85 bits per heavy atom. The Kier molecular flexibility index (Phi) is 6.71. The zero-order valence-corrected chi connectivity index (χ0v) is 16.5. The van der Waals surface area contributed by atoms with Gasteiger partial charge in [0.25, 0.3) is 5.91 Å². The van der Waals surface area contributed by atoms with E-state index in [2.05, 4.69) is 15.6 Å². The van der Waals surface area contributed by atoms with Crippen LogP contribution in [0.4, 0.5) is 16.3 Å². The molecule has 0 radical (unpaired) electrons. The van der Waals surface area contributed by atoms with Crippen LogP contribution in [-0.2, 0) is 4.74 Å². The minimum atomic E-state index is -0.674. The molecule has 0 aromatic carbocycles. The number of rotatable bonds is 5. The number of nitrogens with zero attached hydrogens (tertiary/aromatic N) is 2. The molecule has 27 heavy (non-hydrogen) atoms. The van der Waals surface area contributed by atoms with Gasteiger partial charge in [0.15, 0.2) is 0 Å². The molecule has 1 heterocycles. The molecule has 4 N–H and O–H groups in total. The minimum absolute atomic E-state index is 0.0513. The summed E-state index contributed by atoms with van der Waals surface area (Å²) in [7, 11) is 0. The van der Waals surface area contributed by atoms with Crippen LogP contribution in [0, 0.1) is 15.5 Å². The first-order chi connectivity index (χ1) is 12.2. The molecule has 0 spiro atoms. The lowest BCUT2D eigenvalue weighted by atomic mass is 9.86. The van der Waals surface area contributed by atoms with Crippen LogP contribution < -0.4 is 16.4 Å². The summed E-state index contributed by atoms with van der Waals surface area (Å²) in [6.45, 7) is 11.1. The van der Waals surface area contributed by atoms with E-state index in [9.17, 15) is 19.7 Å². The number of hydrogen-bond acceptors (Lipinski definition) is 7. The number of carbonyl (C=O) groups excluding carboxylic acids is 2. The molecule has 10 nitrogen and oxygen atoms in total. The van der Waals surface area contributed by atoms with Crippen LogP contribution in [-0.4, -0.2) is 40.1 Å². The van der Waals surface area contributed by atoms with Gasteiger partial charge in [0.1, 0.15) is 11.3 Å². The molecule has 0 bridgehead atoms. The van der Waals surface area contributed by atoms with Crippen molar-refractivity contribution in [2.75, 3.05) is 12.3 Å². The maximum Gasteiger partial charge on any atom is 0.407 e. The van der Waals surface area contributed by atoms with Gasteiger partial charge in [-0.1, -0.05) is 20.8 Å². The topological polar surface area (TPSA) is 149 Å². The number of nitro groups is 1. The summed E-state index contributed by atoms with van der Waals surface area (Å²) in [6, 6.07) is 1.91. The molecule has 1 rings (SSSR count). The Bertz CT molecular complexity index is 721. The number of anilines is 1. The summed E-state index contributed by atoms with van der Waals surface area (Å²) in [5.41, 5.74) is 4.08. The molecule has 2 amide bonds. The van der Waals surface area contributed by atoms with Crippen molar-refractivity contribution in [2.45, 2.75) is 53.2 Å². The number of aromatic nitrogens is 1. The van der Waals surface area contributed by atoms with Crippen molar-refractivity contribution in [1.82, 2.24) is 15.6 Å². The quantitative estimate of drug-likeness (QED) is 0.523. The third-order valence-corrected chi connectivity index (χ3v) is 3.53. The molecule has 150 valence electrons. The van der Waals surface area contributed by atoms with Gasteiger partial charge in [-0.3, -0.25) is 14.9 Å². The van der Waals surface area contributed by atoms with Crippen LogP contribution in [0.5, 0.6) is 0 Å². The minimum Gasteiger partial charge on any atom is -0.444 e. The van der Waals surface area contributed by atoms with Gasteiger partial charge in [0.05, 0.1) is 11.0 Å². The van der Waals surface area contributed by atoms with E-state index < -0.39 is 34.0 Å². The van der Waals surface area contributed by atoms with Crippen molar-refractivity contribution in [1.29, 1.82) is 0 Å². The first-order valence-corrected chi connectivity index (χ1v) is 8.39. The van der Waals surface area contributed by atoms with Gasteiger partial charge in [-0.25, -0.2) is 9.78 Å². The van der Waals surface area contributed by atoms with Crippen LogP contribution in [0.3, 0.4) is 0 Å². The lowest BCUT2D eigenvalue weighted by molar-refractivity contribution is -0.384. The molecule has 10 heteroatoms. The number of ether oxygens (including phenoxy) is 1. The molecule has 1 aromatic heterocycles. The van der Waals surface area contributed by atoms with Crippen LogP contribution in [0.15, 0.2) is 12.1 Å². The third-order valence-electron chi connectivity index (χ3n) is 3.53. The van der Waals surface area contributed by atoms with Crippen LogP contribution in [0.25, 0.3) is 0 Å². The molecular formula is C17H27N5O5. The number of nitrogen functional groups attached to an aromatic ring is 1. The van der Waals surface area contributed by atoms with Crippen molar-refractivity contribution >= 4 is 23.5 Å². The lowest BCUT2D eigenvalue weighted by Gasteiger charge is -2.32. The van der Waals surface area contributed by atoms with Gasteiger partial charge in [-0.2, -0.15) is 0 Å². The number of nitrogens with one attached hydrogen (secondary N) is 2. The first-order valence-electron chi connectivity index (χ1n) is 8.39. The van der Waals surface area contributed by atoms with E-state index in [1.165, 1.54) is 6.07 Å². The predicted molar refractivity (Wildman–Crippen MR) is 100 cm³/mol. The van der Waals surface area contributed by atoms with E-state index in [4.69, 9.17) is 10.5 Å². The molecule has 0 aliphatic rings. The Morgan fingerprint density at radius 1 is 1.26 bits per heavy atom. The second-order valence-corrected chi connectivity index (χ2v) is 8.13. The van der Waals surface area contributed by atoms with Gasteiger partial charge in [-0.15, -0.1) is 0 Å². The van der Waals surface area contributed by atoms with Crippen molar-refractivity contribution < 1.29 is 19.2 Å². The van der Waals surface area contributed by atoms with E-state index in [1.54, 1.807) is 20.8 Å². The first kappa shape index (κ1) is 22.1. The SMILES string of the molecule is CC(C)(C)OC(=O)NC[C@H](NC(=O)c1ccc([N+](=O)[O-])c(N)n1)C(C)(C)C. The summed E-state index contributed by atoms with van der Waals surface area (Å²) in [4.78, 5) is 38.2. The average molecular weight is 381 g/mol. The maximum atomic E-state index is 12.5. The summed E-state index contributed by atoms with van der Waals surface area (Å²) in [5, 5.41) is 16.2.